The Balaban J connectivity index is 1.77. The predicted molar refractivity (Wildman–Crippen MR) is 84.4 cm³/mol. The van der Waals surface area contributed by atoms with E-state index in [1.165, 1.54) is 11.8 Å². The molecule has 0 amide bonds. The number of benzene rings is 1. The van der Waals surface area contributed by atoms with Gasteiger partial charge >= 0.3 is 0 Å². The van der Waals surface area contributed by atoms with Crippen LogP contribution in [-0.4, -0.2) is 23.7 Å². The van der Waals surface area contributed by atoms with Gasteiger partial charge in [-0.1, -0.05) is 15.9 Å². The summed E-state index contributed by atoms with van der Waals surface area (Å²) in [5.74, 6) is 2.38. The molecule has 2 fully saturated rings. The van der Waals surface area contributed by atoms with E-state index in [4.69, 9.17) is 10.5 Å². The molecule has 2 saturated heterocycles. The Morgan fingerprint density at radius 3 is 3.00 bits per heavy atom. The fourth-order valence-electron chi connectivity index (χ4n) is 3.28. The lowest BCUT2D eigenvalue weighted by atomic mass is 9.79. The molecule has 1 spiro atoms. The van der Waals surface area contributed by atoms with Crippen molar-refractivity contribution < 1.29 is 9.13 Å². The Bertz CT molecular complexity index is 473. The van der Waals surface area contributed by atoms with Gasteiger partial charge in [0.05, 0.1) is 5.60 Å². The van der Waals surface area contributed by atoms with Crippen molar-refractivity contribution in [2.24, 2.45) is 11.7 Å². The lowest BCUT2D eigenvalue weighted by Crippen LogP contribution is -2.42. The summed E-state index contributed by atoms with van der Waals surface area (Å²) in [4.78, 5) is 0. The average Bonchev–Trinajstić information content (AvgIpc) is 2.85. The third kappa shape index (κ3) is 3.06. The standard InChI is InChI=1S/C15H19BrFNOS/c16-12-5-11(6-13(17)7-12)14(18)10-1-3-19-15(8-10)2-4-20-9-15/h5-7,10,14H,1-4,8-9,18H2. The minimum absolute atomic E-state index is 0.0236. The highest BCUT2D eigenvalue weighted by molar-refractivity contribution is 9.10. The van der Waals surface area contributed by atoms with E-state index in [9.17, 15) is 4.39 Å². The van der Waals surface area contributed by atoms with Crippen LogP contribution in [0.3, 0.4) is 0 Å². The SMILES string of the molecule is NC(c1cc(F)cc(Br)c1)C1CCOC2(CCSC2)C1. The fraction of sp³-hybridized carbons (Fsp3) is 0.600. The van der Waals surface area contributed by atoms with Crippen LogP contribution in [0.1, 0.15) is 30.9 Å². The van der Waals surface area contributed by atoms with Crippen molar-refractivity contribution in [3.05, 3.63) is 34.1 Å². The Hall–Kier alpha value is -0.100. The van der Waals surface area contributed by atoms with E-state index in [0.29, 0.717) is 5.92 Å². The molecule has 1 aromatic carbocycles. The van der Waals surface area contributed by atoms with Crippen molar-refractivity contribution in [2.45, 2.75) is 30.9 Å². The monoisotopic (exact) mass is 359 g/mol. The summed E-state index contributed by atoms with van der Waals surface area (Å²) in [6.45, 7) is 0.773. The van der Waals surface area contributed by atoms with Crippen LogP contribution < -0.4 is 5.73 Å². The molecule has 0 radical (unpaired) electrons. The van der Waals surface area contributed by atoms with Crippen molar-refractivity contribution in [3.63, 3.8) is 0 Å². The highest BCUT2D eigenvalue weighted by atomic mass is 79.9. The summed E-state index contributed by atoms with van der Waals surface area (Å²) in [7, 11) is 0. The maximum atomic E-state index is 13.5. The van der Waals surface area contributed by atoms with Gasteiger partial charge in [-0.3, -0.25) is 0 Å². The van der Waals surface area contributed by atoms with Crippen molar-refractivity contribution in [3.8, 4) is 0 Å². The first-order valence-corrected chi connectivity index (χ1v) is 8.96. The molecule has 0 aromatic heterocycles. The number of ether oxygens (including phenoxy) is 1. The maximum absolute atomic E-state index is 13.5. The molecule has 5 heteroatoms. The average molecular weight is 360 g/mol. The van der Waals surface area contributed by atoms with Gasteiger partial charge in [-0.25, -0.2) is 4.39 Å². The van der Waals surface area contributed by atoms with Gasteiger partial charge in [0.1, 0.15) is 5.82 Å². The number of hydrogen-bond donors (Lipinski definition) is 1. The van der Waals surface area contributed by atoms with Gasteiger partial charge in [-0.05, 0) is 54.7 Å². The second kappa shape index (κ2) is 5.95. The normalized spacial score (nSPS) is 31.6. The van der Waals surface area contributed by atoms with Crippen molar-refractivity contribution >= 4 is 27.7 Å². The van der Waals surface area contributed by atoms with E-state index in [0.717, 1.165) is 41.7 Å². The molecule has 2 aliphatic rings. The van der Waals surface area contributed by atoms with Crippen LogP contribution in [0.15, 0.2) is 22.7 Å². The maximum Gasteiger partial charge on any atom is 0.124 e. The first-order valence-electron chi connectivity index (χ1n) is 7.01. The van der Waals surface area contributed by atoms with Crippen LogP contribution in [0, 0.1) is 11.7 Å². The zero-order valence-electron chi connectivity index (χ0n) is 11.3. The summed E-state index contributed by atoms with van der Waals surface area (Å²) in [6, 6.07) is 4.84. The number of nitrogens with two attached hydrogens (primary N) is 1. The van der Waals surface area contributed by atoms with Crippen molar-refractivity contribution in [2.75, 3.05) is 18.1 Å². The summed E-state index contributed by atoms with van der Waals surface area (Å²) in [6.07, 6.45) is 3.07. The predicted octanol–water partition coefficient (Wildman–Crippen LogP) is 3.89. The van der Waals surface area contributed by atoms with Crippen LogP contribution >= 0.6 is 27.7 Å². The van der Waals surface area contributed by atoms with Crippen LogP contribution in [0.4, 0.5) is 4.39 Å². The summed E-state index contributed by atoms with van der Waals surface area (Å²) < 4.78 is 20.3. The lowest BCUT2D eigenvalue weighted by Gasteiger charge is -2.40. The summed E-state index contributed by atoms with van der Waals surface area (Å²) in [5, 5.41) is 0. The molecule has 1 aromatic rings. The van der Waals surface area contributed by atoms with Gasteiger partial charge in [0.25, 0.3) is 0 Å². The molecule has 3 atom stereocenters. The molecular formula is C15H19BrFNOS. The van der Waals surface area contributed by atoms with Crippen LogP contribution in [-0.2, 0) is 4.74 Å². The molecule has 0 saturated carbocycles. The van der Waals surface area contributed by atoms with Gasteiger partial charge < -0.3 is 10.5 Å². The molecule has 2 N–H and O–H groups in total. The Labute approximate surface area is 131 Å². The largest absolute Gasteiger partial charge is 0.374 e. The van der Waals surface area contributed by atoms with Crippen molar-refractivity contribution in [1.29, 1.82) is 0 Å². The first kappa shape index (κ1) is 14.8. The molecule has 2 nitrogen and oxygen atoms in total. The molecule has 3 unspecified atom stereocenters. The minimum atomic E-state index is -0.233. The van der Waals surface area contributed by atoms with Gasteiger partial charge in [-0.2, -0.15) is 11.8 Å². The minimum Gasteiger partial charge on any atom is -0.374 e. The second-order valence-electron chi connectivity index (χ2n) is 5.82. The van der Waals surface area contributed by atoms with Crippen LogP contribution in [0.2, 0.25) is 0 Å². The Kier molecular flexibility index (Phi) is 4.41. The highest BCUT2D eigenvalue weighted by Gasteiger charge is 2.42. The molecule has 0 aliphatic carbocycles. The lowest BCUT2D eigenvalue weighted by molar-refractivity contribution is -0.0834. The first-order chi connectivity index (χ1) is 9.58. The van der Waals surface area contributed by atoms with E-state index >= 15 is 0 Å². The molecular weight excluding hydrogens is 341 g/mol. The van der Waals surface area contributed by atoms with Gasteiger partial charge in [0, 0.05) is 22.9 Å². The topological polar surface area (TPSA) is 35.2 Å². The van der Waals surface area contributed by atoms with Gasteiger partial charge in [-0.15, -0.1) is 0 Å². The fourth-order valence-corrected chi connectivity index (χ4v) is 5.14. The van der Waals surface area contributed by atoms with E-state index in [2.05, 4.69) is 15.9 Å². The van der Waals surface area contributed by atoms with Gasteiger partial charge in [0.15, 0.2) is 0 Å². The Morgan fingerprint density at radius 1 is 1.45 bits per heavy atom. The second-order valence-corrected chi connectivity index (χ2v) is 7.84. The molecule has 2 heterocycles. The molecule has 110 valence electrons. The number of hydrogen-bond acceptors (Lipinski definition) is 3. The number of rotatable bonds is 2. The number of halogens is 2. The van der Waals surface area contributed by atoms with E-state index in [-0.39, 0.29) is 17.5 Å². The quantitative estimate of drug-likeness (QED) is 0.869. The number of thioether (sulfide) groups is 1. The zero-order chi connectivity index (χ0) is 14.2. The third-order valence-electron chi connectivity index (χ3n) is 4.38. The molecule has 20 heavy (non-hydrogen) atoms. The molecule has 3 rings (SSSR count). The highest BCUT2D eigenvalue weighted by Crippen LogP contribution is 2.43. The summed E-state index contributed by atoms with van der Waals surface area (Å²) in [5.41, 5.74) is 7.31. The van der Waals surface area contributed by atoms with Crippen LogP contribution in [0.5, 0.6) is 0 Å². The van der Waals surface area contributed by atoms with E-state index in [1.807, 2.05) is 17.8 Å². The summed E-state index contributed by atoms with van der Waals surface area (Å²) >= 11 is 5.30. The van der Waals surface area contributed by atoms with E-state index < -0.39 is 0 Å². The third-order valence-corrected chi connectivity index (χ3v) is 6.06. The van der Waals surface area contributed by atoms with E-state index in [1.54, 1.807) is 6.07 Å². The van der Waals surface area contributed by atoms with Gasteiger partial charge in [0.2, 0.25) is 0 Å². The zero-order valence-corrected chi connectivity index (χ0v) is 13.7. The molecule has 2 aliphatic heterocycles. The molecule has 0 bridgehead atoms. The van der Waals surface area contributed by atoms with Crippen LogP contribution in [0.25, 0.3) is 0 Å². The smallest absolute Gasteiger partial charge is 0.124 e. The van der Waals surface area contributed by atoms with Crippen molar-refractivity contribution in [1.82, 2.24) is 0 Å². The Morgan fingerprint density at radius 2 is 2.30 bits per heavy atom.